The third kappa shape index (κ3) is 6.45. The Morgan fingerprint density at radius 1 is 1.43 bits per heavy atom. The molecule has 0 radical (unpaired) electrons. The van der Waals surface area contributed by atoms with Crippen molar-refractivity contribution in [2.24, 2.45) is 0 Å². The summed E-state index contributed by atoms with van der Waals surface area (Å²) in [5, 5.41) is 0. The highest BCUT2D eigenvalue weighted by atomic mass is 31.3. The minimum absolute atomic E-state index is 0.332. The van der Waals surface area contributed by atoms with Gasteiger partial charge in [-0.25, -0.2) is 9.13 Å². The molecular formula is C5H12O7P2. The highest BCUT2D eigenvalue weighted by Gasteiger charge is 2.33. The van der Waals surface area contributed by atoms with E-state index in [0.29, 0.717) is 6.42 Å². The van der Waals surface area contributed by atoms with Gasteiger partial charge in [-0.05, 0) is 6.42 Å². The Balaban J connectivity index is 4.41. The van der Waals surface area contributed by atoms with Crippen molar-refractivity contribution in [3.63, 3.8) is 0 Å². The van der Waals surface area contributed by atoms with Gasteiger partial charge >= 0.3 is 15.6 Å². The molecule has 0 rings (SSSR count). The lowest BCUT2D eigenvalue weighted by molar-refractivity contribution is 0.148. The molecule has 0 aliphatic carbocycles. The molecule has 2 atom stereocenters. The maximum atomic E-state index is 10.9. The molecule has 7 nitrogen and oxygen atoms in total. The average Bonchev–Trinajstić information content (AvgIpc) is 1.95. The monoisotopic (exact) mass is 246 g/mol. The second kappa shape index (κ2) is 5.19. The fraction of sp³-hybridized carbons (Fsp3) is 0.600. The highest BCUT2D eigenvalue weighted by molar-refractivity contribution is 7.60. The van der Waals surface area contributed by atoms with Crippen LogP contribution in [0.3, 0.4) is 0 Å². The molecule has 0 fully saturated rings. The van der Waals surface area contributed by atoms with E-state index in [2.05, 4.69) is 15.4 Å². The van der Waals surface area contributed by atoms with E-state index < -0.39 is 21.7 Å². The Bertz CT molecular complexity index is 282. The van der Waals surface area contributed by atoms with Crippen molar-refractivity contribution >= 4 is 15.6 Å². The Morgan fingerprint density at radius 2 is 1.93 bits per heavy atom. The Labute approximate surface area is 81.2 Å². The standard InChI is InChI=1S/C5H12O7P2/c1-3-5(4-2)11-14(9,10)12-13(6,7)8/h3,5H,1,4H2,2H3,(H,9,10)(H2,6,7,8). The van der Waals surface area contributed by atoms with Gasteiger partial charge in [-0.1, -0.05) is 13.0 Å². The van der Waals surface area contributed by atoms with Gasteiger partial charge in [-0.15, -0.1) is 6.58 Å². The molecule has 0 spiro atoms. The zero-order chi connectivity index (χ0) is 11.4. The number of phosphoric ester groups is 1. The largest absolute Gasteiger partial charge is 0.481 e. The van der Waals surface area contributed by atoms with Gasteiger partial charge in [0.2, 0.25) is 0 Å². The molecule has 0 aliphatic heterocycles. The van der Waals surface area contributed by atoms with E-state index in [1.165, 1.54) is 6.08 Å². The van der Waals surface area contributed by atoms with E-state index in [1.807, 2.05) is 0 Å². The SMILES string of the molecule is C=CC(CC)OP(=O)(O)OP(=O)(O)O. The molecule has 0 bridgehead atoms. The van der Waals surface area contributed by atoms with Gasteiger partial charge in [0.05, 0.1) is 6.10 Å². The molecule has 14 heavy (non-hydrogen) atoms. The van der Waals surface area contributed by atoms with Gasteiger partial charge in [-0.2, -0.15) is 4.31 Å². The first-order valence-corrected chi connectivity index (χ1v) is 6.63. The van der Waals surface area contributed by atoms with Crippen LogP contribution in [0.25, 0.3) is 0 Å². The molecule has 84 valence electrons. The van der Waals surface area contributed by atoms with Crippen LogP contribution in [0.15, 0.2) is 12.7 Å². The molecule has 0 aliphatic rings. The molecule has 0 aromatic heterocycles. The van der Waals surface area contributed by atoms with Crippen LogP contribution in [0.2, 0.25) is 0 Å². The minimum Gasteiger partial charge on any atom is -0.302 e. The van der Waals surface area contributed by atoms with E-state index >= 15 is 0 Å². The van der Waals surface area contributed by atoms with Crippen molar-refractivity contribution in [3.8, 4) is 0 Å². The van der Waals surface area contributed by atoms with Gasteiger partial charge < -0.3 is 14.7 Å². The summed E-state index contributed by atoms with van der Waals surface area (Å²) < 4.78 is 29.1. The van der Waals surface area contributed by atoms with Crippen LogP contribution in [-0.4, -0.2) is 20.8 Å². The lowest BCUT2D eigenvalue weighted by Gasteiger charge is -2.16. The van der Waals surface area contributed by atoms with Crippen molar-refractivity contribution in [3.05, 3.63) is 12.7 Å². The van der Waals surface area contributed by atoms with E-state index in [0.717, 1.165) is 0 Å². The van der Waals surface area contributed by atoms with E-state index in [-0.39, 0.29) is 0 Å². The lowest BCUT2D eigenvalue weighted by atomic mass is 10.3. The summed E-state index contributed by atoms with van der Waals surface area (Å²) in [7, 11) is -9.77. The lowest BCUT2D eigenvalue weighted by Crippen LogP contribution is -2.06. The summed E-state index contributed by atoms with van der Waals surface area (Å²) in [5.74, 6) is 0. The zero-order valence-corrected chi connectivity index (χ0v) is 9.23. The second-order valence-corrected chi connectivity index (χ2v) is 5.11. The maximum Gasteiger partial charge on any atom is 0.481 e. The summed E-state index contributed by atoms with van der Waals surface area (Å²) in [6.45, 7) is 4.95. The summed E-state index contributed by atoms with van der Waals surface area (Å²) >= 11 is 0. The molecule has 3 N–H and O–H groups in total. The smallest absolute Gasteiger partial charge is 0.302 e. The van der Waals surface area contributed by atoms with Crippen molar-refractivity contribution in [2.75, 3.05) is 0 Å². The maximum absolute atomic E-state index is 10.9. The van der Waals surface area contributed by atoms with E-state index in [9.17, 15) is 9.13 Å². The van der Waals surface area contributed by atoms with E-state index in [4.69, 9.17) is 14.7 Å². The number of hydrogen-bond donors (Lipinski definition) is 3. The van der Waals surface area contributed by atoms with Crippen LogP contribution in [0.1, 0.15) is 13.3 Å². The molecule has 0 saturated heterocycles. The Kier molecular flexibility index (Phi) is 5.19. The molecule has 0 saturated carbocycles. The van der Waals surface area contributed by atoms with Gasteiger partial charge in [0, 0.05) is 0 Å². The quantitative estimate of drug-likeness (QED) is 0.476. The second-order valence-electron chi connectivity index (χ2n) is 2.33. The molecule has 0 amide bonds. The van der Waals surface area contributed by atoms with Crippen LogP contribution in [0.4, 0.5) is 0 Å². The van der Waals surface area contributed by atoms with Crippen LogP contribution >= 0.6 is 15.6 Å². The molecule has 0 aromatic carbocycles. The topological polar surface area (TPSA) is 113 Å². The predicted octanol–water partition coefficient (Wildman–Crippen LogP) is 1.18. The van der Waals surface area contributed by atoms with Crippen LogP contribution in [-0.2, 0) is 18.0 Å². The zero-order valence-electron chi connectivity index (χ0n) is 7.44. The third-order valence-electron chi connectivity index (χ3n) is 1.14. The van der Waals surface area contributed by atoms with Crippen LogP contribution in [0, 0.1) is 0 Å². The summed E-state index contributed by atoms with van der Waals surface area (Å²) in [6.07, 6.45) is 0.766. The highest BCUT2D eigenvalue weighted by Crippen LogP contribution is 2.58. The Hall–Kier alpha value is -0.0000000000000000416. The normalized spacial score (nSPS) is 18.6. The van der Waals surface area contributed by atoms with Gasteiger partial charge in [0.15, 0.2) is 0 Å². The van der Waals surface area contributed by atoms with Gasteiger partial charge in [0.25, 0.3) is 0 Å². The minimum atomic E-state index is -5.04. The first-order chi connectivity index (χ1) is 6.20. The molecule has 0 heterocycles. The summed E-state index contributed by atoms with van der Waals surface area (Å²) in [6, 6.07) is 0. The fourth-order valence-electron chi connectivity index (χ4n) is 0.609. The molecule has 0 aromatic rings. The number of hydrogen-bond acceptors (Lipinski definition) is 4. The first kappa shape index (κ1) is 14.0. The molecular weight excluding hydrogens is 234 g/mol. The van der Waals surface area contributed by atoms with Crippen molar-refractivity contribution in [2.45, 2.75) is 19.4 Å². The molecule has 2 unspecified atom stereocenters. The molecule has 9 heteroatoms. The van der Waals surface area contributed by atoms with E-state index in [1.54, 1.807) is 6.92 Å². The first-order valence-electron chi connectivity index (χ1n) is 3.61. The summed E-state index contributed by atoms with van der Waals surface area (Å²) in [5.41, 5.74) is 0. The fourth-order valence-corrected chi connectivity index (χ4v) is 2.42. The Morgan fingerprint density at radius 3 is 2.21 bits per heavy atom. The van der Waals surface area contributed by atoms with Gasteiger partial charge in [0.1, 0.15) is 0 Å². The van der Waals surface area contributed by atoms with Crippen molar-refractivity contribution < 1.29 is 32.6 Å². The van der Waals surface area contributed by atoms with Crippen LogP contribution in [0.5, 0.6) is 0 Å². The van der Waals surface area contributed by atoms with Crippen molar-refractivity contribution in [1.29, 1.82) is 0 Å². The van der Waals surface area contributed by atoms with Gasteiger partial charge in [-0.3, -0.25) is 4.52 Å². The predicted molar refractivity (Wildman–Crippen MR) is 48.3 cm³/mol. The third-order valence-corrected chi connectivity index (χ3v) is 3.36. The van der Waals surface area contributed by atoms with Crippen molar-refractivity contribution in [1.82, 2.24) is 0 Å². The summed E-state index contributed by atoms with van der Waals surface area (Å²) in [4.78, 5) is 25.4. The average molecular weight is 246 g/mol. The van der Waals surface area contributed by atoms with Crippen LogP contribution < -0.4 is 0 Å². The number of rotatable bonds is 6. The number of phosphoric acid groups is 2.